The van der Waals surface area contributed by atoms with Crippen molar-refractivity contribution in [3.05, 3.63) is 23.8 Å². The van der Waals surface area contributed by atoms with Gasteiger partial charge in [-0.2, -0.15) is 0 Å². The number of allylic oxidation sites excluding steroid dienone is 4. The van der Waals surface area contributed by atoms with Gasteiger partial charge in [0.2, 0.25) is 0 Å². The van der Waals surface area contributed by atoms with Gasteiger partial charge in [0.1, 0.15) is 0 Å². The van der Waals surface area contributed by atoms with E-state index < -0.39 is 0 Å². The van der Waals surface area contributed by atoms with Crippen LogP contribution in [0.4, 0.5) is 0 Å². The molecule has 0 unspecified atom stereocenters. The Hall–Kier alpha value is -0.850. The molecule has 1 aliphatic rings. The predicted molar refractivity (Wildman–Crippen MR) is 63.9 cm³/mol. The topological polar surface area (TPSA) is 12.4 Å². The highest BCUT2D eigenvalue weighted by Gasteiger charge is 2.15. The summed E-state index contributed by atoms with van der Waals surface area (Å²) in [4.78, 5) is 3.90. The molecule has 0 aromatic carbocycles. The molecule has 1 fully saturated rings. The van der Waals surface area contributed by atoms with Crippen LogP contribution in [0.5, 0.6) is 0 Å². The van der Waals surface area contributed by atoms with Crippen molar-refractivity contribution in [2.75, 3.05) is 7.05 Å². The molecule has 1 heteroatoms. The van der Waals surface area contributed by atoms with E-state index in [0.717, 1.165) is 5.92 Å². The third-order valence-corrected chi connectivity index (χ3v) is 2.86. The number of hydrogen-bond acceptors (Lipinski definition) is 1. The number of aliphatic imine (C=N–C) groups is 1. The van der Waals surface area contributed by atoms with Gasteiger partial charge in [0.15, 0.2) is 0 Å². The predicted octanol–water partition coefficient (Wildman–Crippen LogP) is 3.77. The molecule has 0 spiro atoms. The van der Waals surface area contributed by atoms with E-state index in [0.29, 0.717) is 0 Å². The summed E-state index contributed by atoms with van der Waals surface area (Å²) in [5, 5.41) is 0. The van der Waals surface area contributed by atoms with Gasteiger partial charge in [-0.05, 0) is 31.8 Å². The molecule has 0 amide bonds. The minimum Gasteiger partial charge on any atom is -0.297 e. The monoisotopic (exact) mass is 191 g/mol. The lowest BCUT2D eigenvalue weighted by atomic mass is 9.82. The molecule has 0 aromatic rings. The van der Waals surface area contributed by atoms with Crippen LogP contribution in [0.1, 0.15) is 39.0 Å². The minimum atomic E-state index is 1.03. The lowest BCUT2D eigenvalue weighted by Gasteiger charge is -2.24. The lowest BCUT2D eigenvalue weighted by molar-refractivity contribution is 0.298. The fourth-order valence-electron chi connectivity index (χ4n) is 1.68. The van der Waals surface area contributed by atoms with Crippen molar-refractivity contribution in [3.8, 4) is 0 Å². The molecule has 1 rings (SSSR count). The average molecular weight is 191 g/mol. The molecular formula is C13H21N. The molecule has 0 saturated heterocycles. The van der Waals surface area contributed by atoms with Crippen molar-refractivity contribution in [2.24, 2.45) is 10.9 Å². The Morgan fingerprint density at radius 2 is 2.21 bits per heavy atom. The van der Waals surface area contributed by atoms with E-state index in [1.165, 1.54) is 37.7 Å². The first kappa shape index (κ1) is 11.2. The maximum atomic E-state index is 3.90. The Morgan fingerprint density at radius 1 is 1.43 bits per heavy atom. The molecule has 1 nitrogen and oxygen atoms in total. The van der Waals surface area contributed by atoms with Gasteiger partial charge in [-0.15, -0.1) is 0 Å². The van der Waals surface area contributed by atoms with Gasteiger partial charge in [-0.3, -0.25) is 4.99 Å². The number of rotatable bonds is 5. The van der Waals surface area contributed by atoms with Crippen molar-refractivity contribution in [3.63, 3.8) is 0 Å². The first-order chi connectivity index (χ1) is 6.83. The number of hydrogen-bond donors (Lipinski definition) is 0. The summed E-state index contributed by atoms with van der Waals surface area (Å²) in [6.07, 6.45) is 15.3. The third-order valence-electron chi connectivity index (χ3n) is 2.86. The molecule has 0 aromatic heterocycles. The second kappa shape index (κ2) is 6.58. The van der Waals surface area contributed by atoms with E-state index in [-0.39, 0.29) is 0 Å². The molecule has 0 atom stereocenters. The zero-order chi connectivity index (χ0) is 10.2. The molecule has 0 aliphatic heterocycles. The van der Waals surface area contributed by atoms with Gasteiger partial charge in [0.05, 0.1) is 0 Å². The molecule has 78 valence electrons. The van der Waals surface area contributed by atoms with Gasteiger partial charge in [0.25, 0.3) is 0 Å². The van der Waals surface area contributed by atoms with E-state index in [9.17, 15) is 0 Å². The van der Waals surface area contributed by atoms with Crippen LogP contribution in [0.2, 0.25) is 0 Å². The second-order valence-corrected chi connectivity index (χ2v) is 4.09. The first-order valence-corrected chi connectivity index (χ1v) is 5.58. The third kappa shape index (κ3) is 4.40. The zero-order valence-corrected chi connectivity index (χ0v) is 9.37. The lowest BCUT2D eigenvalue weighted by Crippen LogP contribution is -2.09. The van der Waals surface area contributed by atoms with Gasteiger partial charge >= 0.3 is 0 Å². The van der Waals surface area contributed by atoms with Crippen LogP contribution >= 0.6 is 0 Å². The molecule has 0 bridgehead atoms. The quantitative estimate of drug-likeness (QED) is 0.463. The Kier molecular flexibility index (Phi) is 5.28. The summed E-state index contributed by atoms with van der Waals surface area (Å²) in [6.45, 7) is 2.15. The van der Waals surface area contributed by atoms with Crippen molar-refractivity contribution in [1.29, 1.82) is 0 Å². The van der Waals surface area contributed by atoms with E-state index in [4.69, 9.17) is 0 Å². The molecule has 1 saturated carbocycles. The summed E-state index contributed by atoms with van der Waals surface area (Å²) < 4.78 is 0. The largest absolute Gasteiger partial charge is 0.297 e. The van der Waals surface area contributed by atoms with Crippen LogP contribution in [-0.2, 0) is 0 Å². The van der Waals surface area contributed by atoms with Crippen LogP contribution < -0.4 is 0 Å². The van der Waals surface area contributed by atoms with E-state index >= 15 is 0 Å². The van der Waals surface area contributed by atoms with Gasteiger partial charge in [-0.25, -0.2) is 0 Å². The van der Waals surface area contributed by atoms with Crippen LogP contribution in [0.3, 0.4) is 0 Å². The highest BCUT2D eigenvalue weighted by atomic mass is 14.6. The van der Waals surface area contributed by atoms with Crippen molar-refractivity contribution in [1.82, 2.24) is 0 Å². The minimum absolute atomic E-state index is 1.03. The SMILES string of the molecule is CN=C/C=C\C(C)=C\CCC1CCC1. The Bertz CT molecular complexity index is 232. The average Bonchev–Trinajstić information content (AvgIpc) is 2.10. The smallest absolute Gasteiger partial charge is 0.0277 e. The fourth-order valence-corrected chi connectivity index (χ4v) is 1.68. The van der Waals surface area contributed by atoms with Crippen molar-refractivity contribution >= 4 is 6.21 Å². The van der Waals surface area contributed by atoms with Crippen LogP contribution in [0, 0.1) is 5.92 Å². The van der Waals surface area contributed by atoms with Crippen LogP contribution in [0.25, 0.3) is 0 Å². The van der Waals surface area contributed by atoms with Gasteiger partial charge in [0, 0.05) is 13.3 Å². The molecule has 0 radical (unpaired) electrons. The van der Waals surface area contributed by atoms with Crippen LogP contribution in [0.15, 0.2) is 28.8 Å². The maximum Gasteiger partial charge on any atom is 0.0277 e. The standard InChI is InChI=1S/C13H21N/c1-12(7-5-11-14-2)6-3-8-13-9-4-10-13/h5-7,11,13H,3-4,8-10H2,1-2H3/b7-5-,12-6+,14-11?. The van der Waals surface area contributed by atoms with Crippen molar-refractivity contribution in [2.45, 2.75) is 39.0 Å². The highest BCUT2D eigenvalue weighted by Crippen LogP contribution is 2.30. The fraction of sp³-hybridized carbons (Fsp3) is 0.615. The summed E-state index contributed by atoms with van der Waals surface area (Å²) >= 11 is 0. The van der Waals surface area contributed by atoms with E-state index in [1.807, 2.05) is 12.3 Å². The van der Waals surface area contributed by atoms with Gasteiger partial charge < -0.3 is 0 Å². The molecule has 14 heavy (non-hydrogen) atoms. The molecular weight excluding hydrogens is 170 g/mol. The normalized spacial score (nSPS) is 19.4. The molecule has 0 heterocycles. The Labute approximate surface area is 87.6 Å². The van der Waals surface area contributed by atoms with E-state index in [2.05, 4.69) is 24.1 Å². The van der Waals surface area contributed by atoms with Crippen molar-refractivity contribution < 1.29 is 0 Å². The Balaban J connectivity index is 2.14. The van der Waals surface area contributed by atoms with Crippen LogP contribution in [-0.4, -0.2) is 13.3 Å². The summed E-state index contributed by atoms with van der Waals surface area (Å²) in [5.41, 5.74) is 1.35. The Morgan fingerprint density at radius 3 is 2.79 bits per heavy atom. The second-order valence-electron chi connectivity index (χ2n) is 4.09. The zero-order valence-electron chi connectivity index (χ0n) is 9.37. The summed E-state index contributed by atoms with van der Waals surface area (Å²) in [5.74, 6) is 1.03. The summed E-state index contributed by atoms with van der Waals surface area (Å²) in [6, 6.07) is 0. The van der Waals surface area contributed by atoms with Gasteiger partial charge in [-0.1, -0.05) is 37.0 Å². The first-order valence-electron chi connectivity index (χ1n) is 5.58. The molecule has 0 N–H and O–H groups in total. The maximum absolute atomic E-state index is 3.90. The van der Waals surface area contributed by atoms with E-state index in [1.54, 1.807) is 7.05 Å². The number of nitrogens with zero attached hydrogens (tertiary/aromatic N) is 1. The highest BCUT2D eigenvalue weighted by molar-refractivity contribution is 5.71. The summed E-state index contributed by atoms with van der Waals surface area (Å²) in [7, 11) is 1.79. The molecule has 1 aliphatic carbocycles.